The van der Waals surface area contributed by atoms with Crippen LogP contribution in [-0.4, -0.2) is 38.9 Å². The molecule has 1 atom stereocenters. The van der Waals surface area contributed by atoms with Crippen LogP contribution in [0.4, 0.5) is 5.69 Å². The molecule has 7 heteroatoms. The Kier molecular flexibility index (Phi) is 7.74. The summed E-state index contributed by atoms with van der Waals surface area (Å²) in [5.41, 5.74) is 2.68. The van der Waals surface area contributed by atoms with E-state index in [0.29, 0.717) is 12.2 Å². The smallest absolute Gasteiger partial charge is 0.243 e. The van der Waals surface area contributed by atoms with Gasteiger partial charge in [0.05, 0.1) is 11.9 Å². The molecular weight excluding hydrogens is 380 g/mol. The number of hydrogen-bond acceptors (Lipinski definition) is 4. The van der Waals surface area contributed by atoms with Gasteiger partial charge >= 0.3 is 0 Å². The number of nitrogens with one attached hydrogen (secondary N) is 1. The topological polar surface area (TPSA) is 66.5 Å². The highest BCUT2D eigenvalue weighted by molar-refractivity contribution is 7.98. The average molecular weight is 407 g/mol. The molecule has 0 saturated heterocycles. The maximum absolute atomic E-state index is 12.5. The first-order valence-corrected chi connectivity index (χ1v) is 11.7. The highest BCUT2D eigenvalue weighted by Gasteiger charge is 2.28. The van der Waals surface area contributed by atoms with Crippen LogP contribution in [-0.2, 0) is 20.6 Å². The summed E-state index contributed by atoms with van der Waals surface area (Å²) < 4.78 is 25.7. The van der Waals surface area contributed by atoms with E-state index in [1.54, 1.807) is 36.9 Å². The molecule has 0 aliphatic rings. The second-order valence-electron chi connectivity index (χ2n) is 6.40. The van der Waals surface area contributed by atoms with Crippen LogP contribution in [0.5, 0.6) is 0 Å². The van der Waals surface area contributed by atoms with E-state index in [1.807, 2.05) is 31.2 Å². The molecule has 0 saturated carbocycles. The number of aryl methyl sites for hydroxylation is 1. The molecule has 1 N–H and O–H groups in total. The van der Waals surface area contributed by atoms with Crippen molar-refractivity contribution in [2.24, 2.45) is 0 Å². The number of benzene rings is 2. The minimum absolute atomic E-state index is 0.303. The Bertz CT molecular complexity index is 855. The van der Waals surface area contributed by atoms with E-state index in [9.17, 15) is 13.2 Å². The Labute approximate surface area is 166 Å². The van der Waals surface area contributed by atoms with Gasteiger partial charge in [-0.2, -0.15) is 11.8 Å². The molecule has 0 spiro atoms. The second-order valence-corrected chi connectivity index (χ2v) is 9.37. The molecule has 0 bridgehead atoms. The van der Waals surface area contributed by atoms with Crippen molar-refractivity contribution in [1.82, 2.24) is 5.32 Å². The van der Waals surface area contributed by atoms with Gasteiger partial charge in [-0.15, -0.1) is 0 Å². The number of carbonyl (C=O) groups excluding carboxylic acids is 1. The van der Waals surface area contributed by atoms with Gasteiger partial charge in [-0.1, -0.05) is 42.5 Å². The Morgan fingerprint density at radius 1 is 1.15 bits per heavy atom. The van der Waals surface area contributed by atoms with Gasteiger partial charge < -0.3 is 5.32 Å². The standard InChI is InChI=1S/C20H26N2O3S2/c1-16-8-7-11-19(14-16)22(27(3,24)25)17(2)20(23)21-12-13-26-15-18-9-5-4-6-10-18/h4-11,14,17H,12-13,15H2,1-3H3,(H,21,23)/t17-/m0/s1. The number of sulfonamides is 1. The van der Waals surface area contributed by atoms with Crippen molar-refractivity contribution in [3.63, 3.8) is 0 Å². The van der Waals surface area contributed by atoms with Gasteiger partial charge in [0.2, 0.25) is 15.9 Å². The predicted octanol–water partition coefficient (Wildman–Crippen LogP) is 3.20. The molecule has 0 radical (unpaired) electrons. The van der Waals surface area contributed by atoms with Crippen molar-refractivity contribution in [2.45, 2.75) is 25.6 Å². The van der Waals surface area contributed by atoms with Crippen molar-refractivity contribution in [3.05, 3.63) is 65.7 Å². The molecule has 0 heterocycles. The van der Waals surface area contributed by atoms with Crippen molar-refractivity contribution in [3.8, 4) is 0 Å². The summed E-state index contributed by atoms with van der Waals surface area (Å²) in [5.74, 6) is 1.34. The van der Waals surface area contributed by atoms with E-state index in [2.05, 4.69) is 17.4 Å². The van der Waals surface area contributed by atoms with Crippen LogP contribution < -0.4 is 9.62 Å². The van der Waals surface area contributed by atoms with Crippen LogP contribution in [0, 0.1) is 6.92 Å². The largest absolute Gasteiger partial charge is 0.353 e. The predicted molar refractivity (Wildman–Crippen MR) is 114 cm³/mol. The number of hydrogen-bond donors (Lipinski definition) is 1. The van der Waals surface area contributed by atoms with Crippen LogP contribution in [0.3, 0.4) is 0 Å². The fraction of sp³-hybridized carbons (Fsp3) is 0.350. The third kappa shape index (κ3) is 6.59. The lowest BCUT2D eigenvalue weighted by molar-refractivity contribution is -0.121. The molecule has 0 aromatic heterocycles. The van der Waals surface area contributed by atoms with E-state index in [0.717, 1.165) is 23.3 Å². The summed E-state index contributed by atoms with van der Waals surface area (Å²) in [4.78, 5) is 12.5. The molecule has 2 rings (SSSR count). The van der Waals surface area contributed by atoms with Crippen molar-refractivity contribution in [1.29, 1.82) is 0 Å². The first-order valence-electron chi connectivity index (χ1n) is 8.74. The van der Waals surface area contributed by atoms with Crippen LogP contribution in [0.15, 0.2) is 54.6 Å². The summed E-state index contributed by atoms with van der Waals surface area (Å²) in [7, 11) is -3.58. The fourth-order valence-electron chi connectivity index (χ4n) is 2.73. The van der Waals surface area contributed by atoms with E-state index in [-0.39, 0.29) is 5.91 Å². The Morgan fingerprint density at radius 3 is 2.48 bits per heavy atom. The zero-order valence-corrected chi connectivity index (χ0v) is 17.5. The number of amides is 1. The van der Waals surface area contributed by atoms with Gasteiger partial charge in [0.25, 0.3) is 0 Å². The quantitative estimate of drug-likeness (QED) is 0.650. The lowest BCUT2D eigenvalue weighted by atomic mass is 10.2. The molecule has 0 fully saturated rings. The summed E-state index contributed by atoms with van der Waals surface area (Å²) in [6.07, 6.45) is 1.12. The van der Waals surface area contributed by atoms with Gasteiger partial charge in [0.1, 0.15) is 6.04 Å². The minimum Gasteiger partial charge on any atom is -0.353 e. The van der Waals surface area contributed by atoms with Crippen molar-refractivity contribution >= 4 is 33.4 Å². The van der Waals surface area contributed by atoms with E-state index in [1.165, 1.54) is 9.87 Å². The average Bonchev–Trinajstić information content (AvgIpc) is 2.61. The van der Waals surface area contributed by atoms with Crippen LogP contribution in [0.2, 0.25) is 0 Å². The lowest BCUT2D eigenvalue weighted by Crippen LogP contribution is -2.48. The number of anilines is 1. The Balaban J connectivity index is 1.91. The molecule has 27 heavy (non-hydrogen) atoms. The van der Waals surface area contributed by atoms with E-state index in [4.69, 9.17) is 0 Å². The molecule has 2 aromatic carbocycles. The maximum Gasteiger partial charge on any atom is 0.243 e. The molecule has 0 aliphatic carbocycles. The van der Waals surface area contributed by atoms with Gasteiger partial charge in [-0.25, -0.2) is 8.42 Å². The van der Waals surface area contributed by atoms with E-state index < -0.39 is 16.1 Å². The van der Waals surface area contributed by atoms with Gasteiger partial charge in [0.15, 0.2) is 0 Å². The first-order chi connectivity index (χ1) is 12.8. The molecule has 0 aliphatic heterocycles. The van der Waals surface area contributed by atoms with Gasteiger partial charge in [-0.3, -0.25) is 9.10 Å². The number of nitrogens with zero attached hydrogens (tertiary/aromatic N) is 1. The van der Waals surface area contributed by atoms with Crippen molar-refractivity contribution < 1.29 is 13.2 Å². The highest BCUT2D eigenvalue weighted by atomic mass is 32.2. The van der Waals surface area contributed by atoms with E-state index >= 15 is 0 Å². The molecule has 1 amide bonds. The molecule has 2 aromatic rings. The number of rotatable bonds is 9. The molecule has 0 unspecified atom stereocenters. The number of thioether (sulfide) groups is 1. The van der Waals surface area contributed by atoms with Crippen LogP contribution in [0.1, 0.15) is 18.1 Å². The Hall–Kier alpha value is -1.99. The van der Waals surface area contributed by atoms with Crippen LogP contribution >= 0.6 is 11.8 Å². The third-order valence-corrected chi connectivity index (χ3v) is 6.27. The second kappa shape index (κ2) is 9.80. The zero-order valence-electron chi connectivity index (χ0n) is 15.9. The van der Waals surface area contributed by atoms with Crippen molar-refractivity contribution in [2.75, 3.05) is 22.9 Å². The maximum atomic E-state index is 12.5. The van der Waals surface area contributed by atoms with Gasteiger partial charge in [0, 0.05) is 18.1 Å². The number of carbonyl (C=O) groups is 1. The Morgan fingerprint density at radius 2 is 1.85 bits per heavy atom. The monoisotopic (exact) mass is 406 g/mol. The summed E-state index contributed by atoms with van der Waals surface area (Å²) in [6.45, 7) is 3.99. The highest BCUT2D eigenvalue weighted by Crippen LogP contribution is 2.22. The lowest BCUT2D eigenvalue weighted by Gasteiger charge is -2.28. The SMILES string of the molecule is Cc1cccc(N([C@@H](C)C(=O)NCCSCc2ccccc2)S(C)(=O)=O)c1. The molecular formula is C20H26N2O3S2. The summed E-state index contributed by atoms with van der Waals surface area (Å²) in [6, 6.07) is 16.5. The minimum atomic E-state index is -3.58. The van der Waals surface area contributed by atoms with Crippen LogP contribution in [0.25, 0.3) is 0 Å². The molecule has 146 valence electrons. The molecule has 5 nitrogen and oxygen atoms in total. The first kappa shape index (κ1) is 21.3. The summed E-state index contributed by atoms with van der Waals surface area (Å²) in [5, 5.41) is 2.84. The fourth-order valence-corrected chi connectivity index (χ4v) is 4.72. The summed E-state index contributed by atoms with van der Waals surface area (Å²) >= 11 is 1.73. The van der Waals surface area contributed by atoms with Gasteiger partial charge in [-0.05, 0) is 37.1 Å². The third-order valence-electron chi connectivity index (χ3n) is 4.00. The normalized spacial score (nSPS) is 12.4. The zero-order chi connectivity index (χ0) is 19.9.